The van der Waals surface area contributed by atoms with Gasteiger partial charge in [0.2, 0.25) is 5.91 Å². The third kappa shape index (κ3) is 3.76. The topological polar surface area (TPSA) is 51.0 Å². The molecule has 7 heteroatoms. The molecular formula is C19H19ClN4OS. The maximum atomic E-state index is 12.7. The van der Waals surface area contributed by atoms with Crippen LogP contribution in [0.25, 0.3) is 11.4 Å². The van der Waals surface area contributed by atoms with Crippen molar-refractivity contribution in [3.05, 3.63) is 65.2 Å². The first-order valence-electron chi connectivity index (χ1n) is 8.06. The first-order chi connectivity index (χ1) is 12.5. The number of carbonyl (C=O) groups excluding carboxylic acids is 1. The number of hydrogen-bond donors (Lipinski definition) is 0. The van der Waals surface area contributed by atoms with Crippen molar-refractivity contribution in [3.63, 3.8) is 0 Å². The Morgan fingerprint density at radius 2 is 1.73 bits per heavy atom. The molecule has 1 heterocycles. The molecule has 0 N–H and O–H groups in total. The molecule has 1 amide bonds. The molecule has 0 aliphatic heterocycles. The van der Waals surface area contributed by atoms with Gasteiger partial charge in [0.05, 0.1) is 5.02 Å². The smallest absolute Gasteiger partial charge is 0.240 e. The van der Waals surface area contributed by atoms with E-state index in [9.17, 15) is 4.79 Å². The summed E-state index contributed by atoms with van der Waals surface area (Å²) >= 11 is 7.67. The van der Waals surface area contributed by atoms with Crippen LogP contribution in [0.2, 0.25) is 5.02 Å². The highest BCUT2D eigenvalue weighted by Crippen LogP contribution is 2.37. The highest BCUT2D eigenvalue weighted by atomic mass is 35.5. The monoisotopic (exact) mass is 386 g/mol. The van der Waals surface area contributed by atoms with E-state index in [1.165, 1.54) is 11.8 Å². The van der Waals surface area contributed by atoms with Crippen LogP contribution < -0.4 is 0 Å². The predicted molar refractivity (Wildman–Crippen MR) is 105 cm³/mol. The summed E-state index contributed by atoms with van der Waals surface area (Å²) in [5.41, 5.74) is 1.74. The second-order valence-electron chi connectivity index (χ2n) is 5.99. The Bertz CT molecular complexity index is 911. The van der Waals surface area contributed by atoms with E-state index in [-0.39, 0.29) is 5.91 Å². The number of aromatic nitrogens is 3. The molecule has 3 aromatic rings. The van der Waals surface area contributed by atoms with Crippen molar-refractivity contribution >= 4 is 29.3 Å². The predicted octanol–water partition coefficient (Wildman–Crippen LogP) is 4.06. The Hall–Kier alpha value is -2.31. The SMILES string of the molecule is CN(C)C(=O)C(Sc1nnc(-c2ccccc2Cl)n1C)c1ccccc1. The van der Waals surface area contributed by atoms with Crippen molar-refractivity contribution in [1.29, 1.82) is 0 Å². The lowest BCUT2D eigenvalue weighted by molar-refractivity contribution is -0.128. The van der Waals surface area contributed by atoms with Crippen molar-refractivity contribution in [2.24, 2.45) is 7.05 Å². The zero-order chi connectivity index (χ0) is 18.7. The quantitative estimate of drug-likeness (QED) is 0.620. The number of thioether (sulfide) groups is 1. The zero-order valence-corrected chi connectivity index (χ0v) is 16.3. The summed E-state index contributed by atoms with van der Waals surface area (Å²) < 4.78 is 1.87. The van der Waals surface area contributed by atoms with Crippen LogP contribution in [-0.2, 0) is 11.8 Å². The third-order valence-corrected chi connectivity index (χ3v) is 5.55. The Morgan fingerprint density at radius 3 is 2.38 bits per heavy atom. The van der Waals surface area contributed by atoms with Crippen LogP contribution in [0.5, 0.6) is 0 Å². The number of benzene rings is 2. The number of carbonyl (C=O) groups is 1. The Morgan fingerprint density at radius 1 is 1.08 bits per heavy atom. The maximum Gasteiger partial charge on any atom is 0.240 e. The molecule has 0 aliphatic rings. The van der Waals surface area contributed by atoms with Crippen LogP contribution in [0.1, 0.15) is 10.8 Å². The molecule has 0 spiro atoms. The van der Waals surface area contributed by atoms with Gasteiger partial charge in [0.15, 0.2) is 11.0 Å². The number of likely N-dealkylation sites (N-methyl/N-ethyl adjacent to an activating group) is 1. The summed E-state index contributed by atoms with van der Waals surface area (Å²) in [6.07, 6.45) is 0. The second kappa shape index (κ2) is 7.93. The van der Waals surface area contributed by atoms with Crippen LogP contribution >= 0.6 is 23.4 Å². The van der Waals surface area contributed by atoms with E-state index >= 15 is 0 Å². The summed E-state index contributed by atoms with van der Waals surface area (Å²) in [6.45, 7) is 0. The van der Waals surface area contributed by atoms with Crippen molar-refractivity contribution in [3.8, 4) is 11.4 Å². The molecule has 0 bridgehead atoms. The number of halogens is 1. The summed E-state index contributed by atoms with van der Waals surface area (Å²) in [7, 11) is 5.39. The number of hydrogen-bond acceptors (Lipinski definition) is 4. The Labute approximate surface area is 162 Å². The molecule has 1 atom stereocenters. The van der Waals surface area contributed by atoms with Gasteiger partial charge in [-0.2, -0.15) is 0 Å². The number of amides is 1. The minimum absolute atomic E-state index is 0.00323. The highest BCUT2D eigenvalue weighted by molar-refractivity contribution is 8.00. The molecule has 0 saturated heterocycles. The lowest BCUT2D eigenvalue weighted by Gasteiger charge is -2.20. The Kier molecular flexibility index (Phi) is 5.64. The van der Waals surface area contributed by atoms with E-state index in [1.807, 2.05) is 66.2 Å². The molecule has 5 nitrogen and oxygen atoms in total. The van der Waals surface area contributed by atoms with E-state index < -0.39 is 5.25 Å². The molecule has 2 aromatic carbocycles. The summed E-state index contributed by atoms with van der Waals surface area (Å²) in [4.78, 5) is 14.3. The molecule has 26 heavy (non-hydrogen) atoms. The average Bonchev–Trinajstić information content (AvgIpc) is 3.00. The molecule has 134 valence electrons. The van der Waals surface area contributed by atoms with Gasteiger partial charge in [0, 0.05) is 26.7 Å². The third-order valence-electron chi connectivity index (χ3n) is 3.94. The van der Waals surface area contributed by atoms with Gasteiger partial charge in [-0.3, -0.25) is 4.79 Å². The Balaban J connectivity index is 1.96. The zero-order valence-electron chi connectivity index (χ0n) is 14.8. The molecule has 1 aromatic heterocycles. The van der Waals surface area contributed by atoms with Gasteiger partial charge >= 0.3 is 0 Å². The molecule has 0 radical (unpaired) electrons. The summed E-state index contributed by atoms with van der Waals surface area (Å²) in [5, 5.41) is 9.44. The van der Waals surface area contributed by atoms with Gasteiger partial charge in [-0.1, -0.05) is 65.8 Å². The van der Waals surface area contributed by atoms with Crippen LogP contribution in [-0.4, -0.2) is 39.7 Å². The van der Waals surface area contributed by atoms with E-state index in [2.05, 4.69) is 10.2 Å². The fraction of sp³-hybridized carbons (Fsp3) is 0.211. The van der Waals surface area contributed by atoms with Crippen LogP contribution in [0.4, 0.5) is 0 Å². The average molecular weight is 387 g/mol. The minimum atomic E-state index is -0.395. The standard InChI is InChI=1S/C19H19ClN4OS/c1-23(2)18(25)16(13-9-5-4-6-10-13)26-19-22-21-17(24(19)3)14-11-7-8-12-15(14)20/h4-12,16H,1-3H3. The van der Waals surface area contributed by atoms with Crippen molar-refractivity contribution in [2.45, 2.75) is 10.4 Å². The van der Waals surface area contributed by atoms with Gasteiger partial charge in [-0.25, -0.2) is 0 Å². The van der Waals surface area contributed by atoms with E-state index in [4.69, 9.17) is 11.6 Å². The maximum absolute atomic E-state index is 12.7. The molecular weight excluding hydrogens is 368 g/mol. The fourth-order valence-corrected chi connectivity index (χ4v) is 3.89. The molecule has 0 aliphatic carbocycles. The van der Waals surface area contributed by atoms with Gasteiger partial charge in [-0.05, 0) is 17.7 Å². The van der Waals surface area contributed by atoms with Gasteiger partial charge in [-0.15, -0.1) is 10.2 Å². The molecule has 0 fully saturated rings. The van der Waals surface area contributed by atoms with E-state index in [0.29, 0.717) is 16.0 Å². The summed E-state index contributed by atoms with van der Waals surface area (Å²) in [5.74, 6) is 0.672. The first kappa shape index (κ1) is 18.5. The van der Waals surface area contributed by atoms with Crippen LogP contribution in [0.15, 0.2) is 59.8 Å². The molecule has 3 rings (SSSR count). The highest BCUT2D eigenvalue weighted by Gasteiger charge is 2.26. The van der Waals surface area contributed by atoms with Crippen molar-refractivity contribution in [1.82, 2.24) is 19.7 Å². The summed E-state index contributed by atoms with van der Waals surface area (Å²) in [6, 6.07) is 17.2. The normalized spacial score (nSPS) is 12.0. The second-order valence-corrected chi connectivity index (χ2v) is 7.47. The van der Waals surface area contributed by atoms with E-state index in [1.54, 1.807) is 19.0 Å². The lowest BCUT2D eigenvalue weighted by Crippen LogP contribution is -2.26. The van der Waals surface area contributed by atoms with Crippen LogP contribution in [0, 0.1) is 0 Å². The molecule has 0 saturated carbocycles. The minimum Gasteiger partial charge on any atom is -0.348 e. The van der Waals surface area contributed by atoms with Crippen LogP contribution in [0.3, 0.4) is 0 Å². The van der Waals surface area contributed by atoms with Gasteiger partial charge in [0.25, 0.3) is 0 Å². The van der Waals surface area contributed by atoms with Gasteiger partial charge < -0.3 is 9.47 Å². The van der Waals surface area contributed by atoms with Crippen molar-refractivity contribution in [2.75, 3.05) is 14.1 Å². The fourth-order valence-electron chi connectivity index (χ4n) is 2.52. The molecule has 1 unspecified atom stereocenters. The number of nitrogens with zero attached hydrogens (tertiary/aromatic N) is 4. The lowest BCUT2D eigenvalue weighted by atomic mass is 10.1. The first-order valence-corrected chi connectivity index (χ1v) is 9.32. The largest absolute Gasteiger partial charge is 0.348 e. The van der Waals surface area contributed by atoms with Gasteiger partial charge in [0.1, 0.15) is 5.25 Å². The number of rotatable bonds is 5. The van der Waals surface area contributed by atoms with E-state index in [0.717, 1.165) is 11.1 Å². The van der Waals surface area contributed by atoms with Crippen molar-refractivity contribution < 1.29 is 4.79 Å².